The van der Waals surface area contributed by atoms with Crippen LogP contribution in [0.15, 0.2) is 48.5 Å². The Morgan fingerprint density at radius 3 is 2.46 bits per heavy atom. The SMILES string of the molecule is CCNCOc1cc(OCCNC)c2c3c1[C@H](O)Nc1cc4c(c(c1-3)CC2)[C@@H](O)[C@H](c1cc(OC)c(O)c(OC[C@H](CO)Cc2ccccc2C(C)C)c1)CO4. The van der Waals surface area contributed by atoms with E-state index in [0.717, 1.165) is 34.4 Å². The number of aliphatic hydroxyl groups excluding tert-OH is 3. The van der Waals surface area contributed by atoms with E-state index in [9.17, 15) is 20.4 Å². The van der Waals surface area contributed by atoms with Gasteiger partial charge in [-0.2, -0.15) is 0 Å². The molecule has 0 saturated heterocycles. The molecular formula is C44H55N3O9. The van der Waals surface area contributed by atoms with Gasteiger partial charge in [-0.15, -0.1) is 0 Å². The average molecular weight is 770 g/mol. The predicted octanol–water partition coefficient (Wildman–Crippen LogP) is 5.69. The maximum atomic E-state index is 12.3. The number of ether oxygens (including phenoxy) is 5. The summed E-state index contributed by atoms with van der Waals surface area (Å²) in [7, 11) is 3.36. The topological polar surface area (TPSA) is 163 Å². The van der Waals surface area contributed by atoms with Crippen molar-refractivity contribution in [2.24, 2.45) is 5.92 Å². The van der Waals surface area contributed by atoms with Crippen molar-refractivity contribution in [1.29, 1.82) is 0 Å². The lowest BCUT2D eigenvalue weighted by Gasteiger charge is -2.39. The highest BCUT2D eigenvalue weighted by Crippen LogP contribution is 2.57. The van der Waals surface area contributed by atoms with Crippen LogP contribution in [0.4, 0.5) is 5.69 Å². The second kappa shape index (κ2) is 17.2. The molecule has 12 nitrogen and oxygen atoms in total. The van der Waals surface area contributed by atoms with Crippen LogP contribution < -0.4 is 39.6 Å². The Balaban J connectivity index is 1.22. The van der Waals surface area contributed by atoms with Crippen LogP contribution in [0.3, 0.4) is 0 Å². The summed E-state index contributed by atoms with van der Waals surface area (Å²) in [6.07, 6.45) is -0.168. The van der Waals surface area contributed by atoms with Gasteiger partial charge in [0.05, 0.1) is 32.0 Å². The number of benzene rings is 4. The van der Waals surface area contributed by atoms with E-state index in [2.05, 4.69) is 41.9 Å². The number of anilines is 1. The minimum Gasteiger partial charge on any atom is -0.502 e. The van der Waals surface area contributed by atoms with Gasteiger partial charge >= 0.3 is 0 Å². The Hall–Kier alpha value is -4.72. The molecule has 0 saturated carbocycles. The second-order valence-electron chi connectivity index (χ2n) is 15.1. The zero-order valence-corrected chi connectivity index (χ0v) is 32.9. The highest BCUT2D eigenvalue weighted by molar-refractivity contribution is 5.93. The number of methoxy groups -OCH3 is 1. The van der Waals surface area contributed by atoms with Gasteiger partial charge in [0.1, 0.15) is 30.6 Å². The molecule has 7 N–H and O–H groups in total. The normalized spacial score (nSPS) is 18.3. The first-order valence-corrected chi connectivity index (χ1v) is 19.7. The van der Waals surface area contributed by atoms with E-state index in [4.69, 9.17) is 23.7 Å². The molecule has 3 aliphatic rings. The van der Waals surface area contributed by atoms with Crippen molar-refractivity contribution < 1.29 is 44.1 Å². The number of fused-ring (bicyclic) bond motifs is 2. The summed E-state index contributed by atoms with van der Waals surface area (Å²) >= 11 is 0. The minimum atomic E-state index is -1.04. The van der Waals surface area contributed by atoms with Crippen LogP contribution in [-0.2, 0) is 19.3 Å². The van der Waals surface area contributed by atoms with Gasteiger partial charge < -0.3 is 54.7 Å². The molecule has 7 rings (SSSR count). The van der Waals surface area contributed by atoms with E-state index in [1.807, 2.05) is 38.2 Å². The molecule has 1 aliphatic carbocycles. The van der Waals surface area contributed by atoms with Crippen LogP contribution in [0.5, 0.6) is 34.5 Å². The van der Waals surface area contributed by atoms with Gasteiger partial charge in [-0.3, -0.25) is 5.32 Å². The van der Waals surface area contributed by atoms with E-state index in [1.165, 1.54) is 12.7 Å². The van der Waals surface area contributed by atoms with E-state index in [1.54, 1.807) is 12.1 Å². The van der Waals surface area contributed by atoms with E-state index >= 15 is 0 Å². The van der Waals surface area contributed by atoms with Gasteiger partial charge in [-0.1, -0.05) is 45.0 Å². The maximum absolute atomic E-state index is 12.3. The number of phenols is 1. The van der Waals surface area contributed by atoms with Gasteiger partial charge in [0.25, 0.3) is 0 Å². The number of phenolic OH excluding ortho intramolecular Hbond substituents is 1. The number of likely N-dealkylation sites (N-methyl/N-ethyl adjacent to an activating group) is 1. The van der Waals surface area contributed by atoms with Crippen LogP contribution >= 0.6 is 0 Å². The van der Waals surface area contributed by atoms with Crippen LogP contribution in [0.1, 0.15) is 83.9 Å². The third-order valence-electron chi connectivity index (χ3n) is 11.2. The molecule has 12 heteroatoms. The first-order valence-electron chi connectivity index (χ1n) is 19.7. The molecule has 56 heavy (non-hydrogen) atoms. The summed E-state index contributed by atoms with van der Waals surface area (Å²) in [5, 5.41) is 55.0. The Bertz CT molecular complexity index is 2040. The first-order chi connectivity index (χ1) is 27.2. The Morgan fingerprint density at radius 2 is 1.71 bits per heavy atom. The molecule has 2 heterocycles. The van der Waals surface area contributed by atoms with E-state index < -0.39 is 18.2 Å². The lowest BCUT2D eigenvalue weighted by molar-refractivity contribution is 0.0876. The fraction of sp³-hybridized carbons (Fsp3) is 0.455. The second-order valence-corrected chi connectivity index (χ2v) is 15.1. The van der Waals surface area contributed by atoms with Crippen molar-refractivity contribution in [3.05, 3.63) is 87.5 Å². The number of rotatable bonds is 17. The standard InChI is InChI=1S/C44H55N3O9/c1-6-46-23-56-35-19-33(53-14-13-45-4)29-11-12-30-38-32(47-44(51)41(35)40(29)38)18-34-39(30)42(49)31(22-55-34)27-16-36(52-5)43(50)37(17-27)54-21-25(20-48)15-26-9-7-8-10-28(26)24(2)3/h7-10,16-19,24-25,31,42,44-51H,6,11-15,20-23H2,1-5H3/t25-,31-,42-,44-/m0/s1. The highest BCUT2D eigenvalue weighted by Gasteiger charge is 2.41. The average Bonchev–Trinajstić information content (AvgIpc) is 3.19. The number of hydrogen-bond donors (Lipinski definition) is 7. The maximum Gasteiger partial charge on any atom is 0.200 e. The van der Waals surface area contributed by atoms with Crippen molar-refractivity contribution >= 4 is 5.69 Å². The Labute approximate surface area is 328 Å². The first kappa shape index (κ1) is 39.5. The van der Waals surface area contributed by atoms with Crippen LogP contribution in [0.25, 0.3) is 11.1 Å². The molecule has 4 aromatic carbocycles. The zero-order valence-electron chi connectivity index (χ0n) is 32.9. The van der Waals surface area contributed by atoms with Crippen molar-refractivity contribution in [3.8, 4) is 45.6 Å². The largest absolute Gasteiger partial charge is 0.502 e. The summed E-state index contributed by atoms with van der Waals surface area (Å²) in [6, 6.07) is 15.4. The lowest BCUT2D eigenvalue weighted by Crippen LogP contribution is -2.29. The fourth-order valence-electron chi connectivity index (χ4n) is 8.35. The summed E-state index contributed by atoms with van der Waals surface area (Å²) < 4.78 is 30.7. The fourth-order valence-corrected chi connectivity index (χ4v) is 8.35. The van der Waals surface area contributed by atoms with Crippen molar-refractivity contribution in [1.82, 2.24) is 10.6 Å². The third-order valence-corrected chi connectivity index (χ3v) is 11.2. The molecule has 0 radical (unpaired) electrons. The molecule has 0 unspecified atom stereocenters. The molecule has 4 atom stereocenters. The summed E-state index contributed by atoms with van der Waals surface area (Å²) in [6.45, 7) is 8.64. The van der Waals surface area contributed by atoms with E-state index in [-0.39, 0.29) is 49.7 Å². The van der Waals surface area contributed by atoms with Crippen LogP contribution in [0.2, 0.25) is 0 Å². The van der Waals surface area contributed by atoms with Crippen molar-refractivity contribution in [2.45, 2.75) is 64.2 Å². The van der Waals surface area contributed by atoms with E-state index in [0.29, 0.717) is 78.0 Å². The van der Waals surface area contributed by atoms with Gasteiger partial charge in [0, 0.05) is 65.1 Å². The number of aromatic hydroxyl groups is 1. The molecule has 4 aromatic rings. The Morgan fingerprint density at radius 1 is 0.929 bits per heavy atom. The smallest absolute Gasteiger partial charge is 0.200 e. The molecule has 0 aromatic heterocycles. The molecule has 0 spiro atoms. The quantitative estimate of drug-likeness (QED) is 0.0520. The summed E-state index contributed by atoms with van der Waals surface area (Å²) in [5.74, 6) is 1.62. The van der Waals surface area contributed by atoms with Crippen LogP contribution in [-0.4, -0.2) is 80.8 Å². The lowest BCUT2D eigenvalue weighted by atomic mass is 9.74. The van der Waals surface area contributed by atoms with Crippen molar-refractivity contribution in [3.63, 3.8) is 0 Å². The van der Waals surface area contributed by atoms with Gasteiger partial charge in [-0.25, -0.2) is 0 Å². The molecule has 0 amide bonds. The highest BCUT2D eigenvalue weighted by atomic mass is 16.5. The predicted molar refractivity (Wildman–Crippen MR) is 215 cm³/mol. The van der Waals surface area contributed by atoms with Gasteiger partial charge in [-0.05, 0) is 73.2 Å². The molecular weight excluding hydrogens is 714 g/mol. The molecule has 0 fully saturated rings. The number of hydrogen-bond acceptors (Lipinski definition) is 12. The minimum absolute atomic E-state index is 0.0907. The molecule has 300 valence electrons. The number of nitrogens with one attached hydrogen (secondary N) is 3. The van der Waals surface area contributed by atoms with Crippen LogP contribution in [0, 0.1) is 5.92 Å². The monoisotopic (exact) mass is 769 g/mol. The van der Waals surface area contributed by atoms with Crippen molar-refractivity contribution in [2.75, 3.05) is 65.7 Å². The summed E-state index contributed by atoms with van der Waals surface area (Å²) in [5.41, 5.74) is 8.76. The van der Waals surface area contributed by atoms with Gasteiger partial charge in [0.2, 0.25) is 5.75 Å². The Kier molecular flexibility index (Phi) is 12.1. The molecule has 0 bridgehead atoms. The zero-order chi connectivity index (χ0) is 39.5. The number of aliphatic hydroxyl groups is 3. The summed E-state index contributed by atoms with van der Waals surface area (Å²) in [4.78, 5) is 0. The third kappa shape index (κ3) is 7.56. The van der Waals surface area contributed by atoms with Gasteiger partial charge in [0.15, 0.2) is 17.7 Å². The molecule has 2 aliphatic heterocycles.